The first kappa shape index (κ1) is 15.5. The molecule has 0 aliphatic carbocycles. The van der Waals surface area contributed by atoms with Crippen LogP contribution in [-0.2, 0) is 0 Å². The van der Waals surface area contributed by atoms with Gasteiger partial charge >= 0.3 is 0 Å². The summed E-state index contributed by atoms with van der Waals surface area (Å²) in [6.45, 7) is 3.15. The van der Waals surface area contributed by atoms with Crippen molar-refractivity contribution in [1.82, 2.24) is 4.90 Å². The van der Waals surface area contributed by atoms with Gasteiger partial charge in [0, 0.05) is 36.7 Å². The van der Waals surface area contributed by atoms with Gasteiger partial charge in [-0.2, -0.15) is 0 Å². The summed E-state index contributed by atoms with van der Waals surface area (Å²) in [5.41, 5.74) is 0.735. The molecule has 0 amide bonds. The molecule has 2 rings (SSSR count). The van der Waals surface area contributed by atoms with Gasteiger partial charge in [-0.15, -0.1) is 0 Å². The summed E-state index contributed by atoms with van der Waals surface area (Å²) >= 11 is 5.82. The Morgan fingerprint density at radius 1 is 1.35 bits per heavy atom. The van der Waals surface area contributed by atoms with E-state index in [-0.39, 0.29) is 12.4 Å². The molecule has 0 bridgehead atoms. The molecule has 1 unspecified atom stereocenters. The van der Waals surface area contributed by atoms with Gasteiger partial charge < -0.3 is 10.0 Å². The third-order valence-electron chi connectivity index (χ3n) is 3.96. The van der Waals surface area contributed by atoms with Crippen LogP contribution in [0.3, 0.4) is 0 Å². The van der Waals surface area contributed by atoms with Crippen LogP contribution in [0.2, 0.25) is 5.02 Å². The average molecular weight is 296 g/mol. The van der Waals surface area contributed by atoms with Crippen LogP contribution >= 0.6 is 11.6 Å². The molecule has 1 fully saturated rings. The zero-order valence-electron chi connectivity index (χ0n) is 11.7. The number of halogens is 1. The number of carbonyl (C=O) groups is 1. The number of rotatable bonds is 6. The number of likely N-dealkylation sites (tertiary alicyclic amines) is 1. The van der Waals surface area contributed by atoms with Crippen LogP contribution in [0.4, 0.5) is 0 Å². The van der Waals surface area contributed by atoms with E-state index in [1.165, 1.54) is 12.8 Å². The number of hydrogen-bond donors (Lipinski definition) is 1. The van der Waals surface area contributed by atoms with Gasteiger partial charge in [0.05, 0.1) is 0 Å². The molecule has 1 saturated heterocycles. The standard InChI is InChI=1S/C16H22ClNO2/c17-15-5-3-14(4-6-15)16(20)7-10-18-9-1-2-13(12-18)8-11-19/h3-6,13,19H,1-2,7-12H2. The third kappa shape index (κ3) is 4.58. The van der Waals surface area contributed by atoms with E-state index >= 15 is 0 Å². The first-order valence-electron chi connectivity index (χ1n) is 7.31. The van der Waals surface area contributed by atoms with Crippen molar-refractivity contribution in [2.45, 2.75) is 25.7 Å². The fraction of sp³-hybridized carbons (Fsp3) is 0.562. The van der Waals surface area contributed by atoms with E-state index in [0.29, 0.717) is 17.4 Å². The number of carbonyl (C=O) groups excluding carboxylic acids is 1. The summed E-state index contributed by atoms with van der Waals surface area (Å²) in [6.07, 6.45) is 3.79. The highest BCUT2D eigenvalue weighted by Crippen LogP contribution is 2.19. The van der Waals surface area contributed by atoms with Crippen molar-refractivity contribution in [2.24, 2.45) is 5.92 Å². The minimum Gasteiger partial charge on any atom is -0.396 e. The lowest BCUT2D eigenvalue weighted by Crippen LogP contribution is -2.37. The van der Waals surface area contributed by atoms with Gasteiger partial charge in [-0.3, -0.25) is 4.79 Å². The van der Waals surface area contributed by atoms with Crippen molar-refractivity contribution in [2.75, 3.05) is 26.2 Å². The van der Waals surface area contributed by atoms with Crippen LogP contribution in [0.1, 0.15) is 36.0 Å². The fourth-order valence-corrected chi connectivity index (χ4v) is 2.94. The van der Waals surface area contributed by atoms with E-state index in [1.807, 2.05) is 0 Å². The normalized spacial score (nSPS) is 20.0. The predicted molar refractivity (Wildman–Crippen MR) is 81.3 cm³/mol. The van der Waals surface area contributed by atoms with Crippen LogP contribution in [0.5, 0.6) is 0 Å². The Morgan fingerprint density at radius 2 is 2.10 bits per heavy atom. The minimum absolute atomic E-state index is 0.172. The number of nitrogens with zero attached hydrogens (tertiary/aromatic N) is 1. The number of benzene rings is 1. The lowest BCUT2D eigenvalue weighted by Gasteiger charge is -2.32. The van der Waals surface area contributed by atoms with Gasteiger partial charge in [-0.1, -0.05) is 11.6 Å². The van der Waals surface area contributed by atoms with E-state index in [9.17, 15) is 4.79 Å². The number of ketones is 1. The smallest absolute Gasteiger partial charge is 0.164 e. The van der Waals surface area contributed by atoms with Gasteiger partial charge in [0.25, 0.3) is 0 Å². The van der Waals surface area contributed by atoms with Crippen LogP contribution < -0.4 is 0 Å². The van der Waals surface area contributed by atoms with Crippen LogP contribution in [0.15, 0.2) is 24.3 Å². The number of aliphatic hydroxyl groups is 1. The molecule has 3 nitrogen and oxygen atoms in total. The summed E-state index contributed by atoms with van der Waals surface area (Å²) in [5, 5.41) is 9.67. The molecule has 110 valence electrons. The molecule has 0 aromatic heterocycles. The Bertz CT molecular complexity index is 431. The largest absolute Gasteiger partial charge is 0.396 e. The molecule has 0 radical (unpaired) electrons. The number of Topliss-reactive ketones (excluding diaryl/α,β-unsaturated/α-hetero) is 1. The van der Waals surface area contributed by atoms with Gasteiger partial charge in [0.2, 0.25) is 0 Å². The molecule has 0 spiro atoms. The Balaban J connectivity index is 1.79. The van der Waals surface area contributed by atoms with E-state index in [1.54, 1.807) is 24.3 Å². The van der Waals surface area contributed by atoms with E-state index in [4.69, 9.17) is 16.7 Å². The molecule has 1 aromatic rings. The zero-order chi connectivity index (χ0) is 14.4. The molecular formula is C16H22ClNO2. The highest BCUT2D eigenvalue weighted by molar-refractivity contribution is 6.30. The average Bonchev–Trinajstić information content (AvgIpc) is 2.46. The molecule has 1 aromatic carbocycles. The van der Waals surface area contributed by atoms with Crippen molar-refractivity contribution in [1.29, 1.82) is 0 Å². The van der Waals surface area contributed by atoms with Crippen molar-refractivity contribution in [3.05, 3.63) is 34.9 Å². The maximum Gasteiger partial charge on any atom is 0.164 e. The molecule has 1 heterocycles. The Kier molecular flexibility index (Phi) is 6.02. The first-order chi connectivity index (χ1) is 9.69. The van der Waals surface area contributed by atoms with Crippen LogP contribution in [-0.4, -0.2) is 42.0 Å². The zero-order valence-corrected chi connectivity index (χ0v) is 12.5. The lowest BCUT2D eigenvalue weighted by atomic mass is 9.95. The molecule has 1 N–H and O–H groups in total. The molecule has 1 aliphatic heterocycles. The van der Waals surface area contributed by atoms with Crippen molar-refractivity contribution < 1.29 is 9.90 Å². The highest BCUT2D eigenvalue weighted by atomic mass is 35.5. The summed E-state index contributed by atoms with van der Waals surface area (Å²) in [7, 11) is 0. The lowest BCUT2D eigenvalue weighted by molar-refractivity contribution is 0.0937. The Morgan fingerprint density at radius 3 is 2.80 bits per heavy atom. The van der Waals surface area contributed by atoms with Crippen molar-refractivity contribution >= 4 is 17.4 Å². The second kappa shape index (κ2) is 7.77. The van der Waals surface area contributed by atoms with Crippen LogP contribution in [0, 0.1) is 5.92 Å². The maximum absolute atomic E-state index is 12.1. The maximum atomic E-state index is 12.1. The Hall–Kier alpha value is -0.900. The highest BCUT2D eigenvalue weighted by Gasteiger charge is 2.19. The minimum atomic E-state index is 0.172. The molecule has 0 saturated carbocycles. The second-order valence-electron chi connectivity index (χ2n) is 5.50. The second-order valence-corrected chi connectivity index (χ2v) is 5.94. The first-order valence-corrected chi connectivity index (χ1v) is 7.69. The Labute approximate surface area is 125 Å². The van der Waals surface area contributed by atoms with Crippen LogP contribution in [0.25, 0.3) is 0 Å². The molecular weight excluding hydrogens is 274 g/mol. The van der Waals surface area contributed by atoms with Gasteiger partial charge in [0.15, 0.2) is 5.78 Å². The quantitative estimate of drug-likeness (QED) is 0.820. The van der Waals surface area contributed by atoms with Gasteiger partial charge in [0.1, 0.15) is 0 Å². The molecule has 20 heavy (non-hydrogen) atoms. The number of piperidine rings is 1. The topological polar surface area (TPSA) is 40.5 Å². The van der Waals surface area contributed by atoms with E-state index in [0.717, 1.165) is 31.6 Å². The summed E-state index contributed by atoms with van der Waals surface area (Å²) in [5.74, 6) is 0.755. The molecule has 4 heteroatoms. The summed E-state index contributed by atoms with van der Waals surface area (Å²) in [4.78, 5) is 14.4. The third-order valence-corrected chi connectivity index (χ3v) is 4.21. The SMILES string of the molecule is O=C(CCN1CCCC(CCO)C1)c1ccc(Cl)cc1. The fourth-order valence-electron chi connectivity index (χ4n) is 2.81. The van der Waals surface area contributed by atoms with Gasteiger partial charge in [-0.05, 0) is 56.0 Å². The molecule has 1 aliphatic rings. The molecule has 1 atom stereocenters. The van der Waals surface area contributed by atoms with E-state index in [2.05, 4.69) is 4.90 Å². The number of aliphatic hydroxyl groups excluding tert-OH is 1. The summed E-state index contributed by atoms with van der Waals surface area (Å²) < 4.78 is 0. The summed E-state index contributed by atoms with van der Waals surface area (Å²) in [6, 6.07) is 7.09. The van der Waals surface area contributed by atoms with Crippen molar-refractivity contribution in [3.8, 4) is 0 Å². The van der Waals surface area contributed by atoms with Crippen molar-refractivity contribution in [3.63, 3.8) is 0 Å². The van der Waals surface area contributed by atoms with E-state index < -0.39 is 0 Å². The van der Waals surface area contributed by atoms with Gasteiger partial charge in [-0.25, -0.2) is 0 Å². The number of hydrogen-bond acceptors (Lipinski definition) is 3. The monoisotopic (exact) mass is 295 g/mol. The predicted octanol–water partition coefficient (Wildman–Crippen LogP) is 3.01.